The highest BCUT2D eigenvalue weighted by atomic mass is 19.1. The van der Waals surface area contributed by atoms with Gasteiger partial charge in [-0.25, -0.2) is 4.39 Å². The summed E-state index contributed by atoms with van der Waals surface area (Å²) < 4.78 is 12.9. The average molecular weight is 294 g/mol. The zero-order valence-electron chi connectivity index (χ0n) is 12.6. The van der Waals surface area contributed by atoms with Crippen molar-refractivity contribution in [3.63, 3.8) is 0 Å². The molecule has 4 nitrogen and oxygen atoms in total. The highest BCUT2D eigenvalue weighted by molar-refractivity contribution is 5.94. The topological polar surface area (TPSA) is 43.8 Å². The van der Waals surface area contributed by atoms with Crippen LogP contribution < -0.4 is 0 Å². The summed E-state index contributed by atoms with van der Waals surface area (Å²) in [4.78, 5) is 16.2. The number of aliphatic hydroxyl groups excluding tert-OH is 1. The second-order valence-corrected chi connectivity index (χ2v) is 5.83. The molecule has 1 aliphatic heterocycles. The standard InChI is InChI=1S/C16H23FN2O2/c1-12(4-3-9-19-10-15(20)11-19)18(2)16(21)13-5-7-14(17)8-6-13/h5-8,12,15,20H,3-4,9-11H2,1-2H3/t12-/m0/s1. The molecule has 0 saturated carbocycles. The molecule has 1 aliphatic rings. The first-order valence-corrected chi connectivity index (χ1v) is 7.40. The Bertz CT molecular complexity index is 472. The molecule has 1 fully saturated rings. The number of likely N-dealkylation sites (tertiary alicyclic amines) is 1. The Morgan fingerprint density at radius 1 is 1.43 bits per heavy atom. The number of amides is 1. The fourth-order valence-electron chi connectivity index (χ4n) is 2.53. The summed E-state index contributed by atoms with van der Waals surface area (Å²) in [5, 5.41) is 9.21. The van der Waals surface area contributed by atoms with Gasteiger partial charge in [0.1, 0.15) is 5.82 Å². The van der Waals surface area contributed by atoms with Crippen LogP contribution in [0.1, 0.15) is 30.1 Å². The summed E-state index contributed by atoms with van der Waals surface area (Å²) in [6, 6.07) is 5.78. The molecule has 1 amide bonds. The lowest BCUT2D eigenvalue weighted by Gasteiger charge is -2.36. The number of rotatable bonds is 6. The van der Waals surface area contributed by atoms with Gasteiger partial charge in [-0.2, -0.15) is 0 Å². The summed E-state index contributed by atoms with van der Waals surface area (Å²) in [7, 11) is 1.78. The summed E-state index contributed by atoms with van der Waals surface area (Å²) in [6.07, 6.45) is 1.75. The van der Waals surface area contributed by atoms with E-state index in [-0.39, 0.29) is 23.9 Å². The first-order chi connectivity index (χ1) is 9.97. The van der Waals surface area contributed by atoms with Crippen molar-refractivity contribution < 1.29 is 14.3 Å². The van der Waals surface area contributed by atoms with Gasteiger partial charge in [0.05, 0.1) is 6.10 Å². The zero-order valence-corrected chi connectivity index (χ0v) is 12.6. The predicted molar refractivity (Wildman–Crippen MR) is 79.6 cm³/mol. The van der Waals surface area contributed by atoms with Gasteiger partial charge in [0, 0.05) is 31.7 Å². The van der Waals surface area contributed by atoms with Crippen molar-refractivity contribution in [3.8, 4) is 0 Å². The lowest BCUT2D eigenvalue weighted by Crippen LogP contribution is -2.50. The number of benzene rings is 1. The van der Waals surface area contributed by atoms with Gasteiger partial charge in [-0.3, -0.25) is 9.69 Å². The lowest BCUT2D eigenvalue weighted by atomic mass is 10.1. The van der Waals surface area contributed by atoms with E-state index in [1.807, 2.05) is 6.92 Å². The van der Waals surface area contributed by atoms with Gasteiger partial charge in [-0.05, 0) is 50.6 Å². The van der Waals surface area contributed by atoms with Gasteiger partial charge in [0.15, 0.2) is 0 Å². The Hall–Kier alpha value is -1.46. The van der Waals surface area contributed by atoms with Crippen LogP contribution in [0.25, 0.3) is 0 Å². The van der Waals surface area contributed by atoms with Crippen LogP contribution in [0.5, 0.6) is 0 Å². The van der Waals surface area contributed by atoms with Gasteiger partial charge in [-0.15, -0.1) is 0 Å². The monoisotopic (exact) mass is 294 g/mol. The van der Waals surface area contributed by atoms with Crippen LogP contribution in [0.2, 0.25) is 0 Å². The number of carbonyl (C=O) groups is 1. The maximum atomic E-state index is 12.9. The Morgan fingerprint density at radius 3 is 2.62 bits per heavy atom. The van der Waals surface area contributed by atoms with Crippen molar-refractivity contribution in [2.45, 2.75) is 31.9 Å². The molecule has 21 heavy (non-hydrogen) atoms. The zero-order chi connectivity index (χ0) is 15.4. The minimum absolute atomic E-state index is 0.0816. The number of carbonyl (C=O) groups excluding carboxylic acids is 1. The molecule has 0 unspecified atom stereocenters. The lowest BCUT2D eigenvalue weighted by molar-refractivity contribution is 0.000800. The number of nitrogens with zero attached hydrogens (tertiary/aromatic N) is 2. The van der Waals surface area contributed by atoms with E-state index >= 15 is 0 Å². The van der Waals surface area contributed by atoms with E-state index in [9.17, 15) is 14.3 Å². The van der Waals surface area contributed by atoms with Crippen molar-refractivity contribution in [2.75, 3.05) is 26.7 Å². The highest BCUT2D eigenvalue weighted by Crippen LogP contribution is 2.13. The molecular weight excluding hydrogens is 271 g/mol. The predicted octanol–water partition coefficient (Wildman–Crippen LogP) is 1.74. The molecule has 1 aromatic carbocycles. The van der Waals surface area contributed by atoms with Crippen LogP contribution in [-0.2, 0) is 0 Å². The van der Waals surface area contributed by atoms with E-state index in [1.54, 1.807) is 11.9 Å². The van der Waals surface area contributed by atoms with E-state index in [0.29, 0.717) is 5.56 Å². The molecular formula is C16H23FN2O2. The number of aliphatic hydroxyl groups is 1. The first-order valence-electron chi connectivity index (χ1n) is 7.40. The molecule has 2 rings (SSSR count). The van der Waals surface area contributed by atoms with Gasteiger partial charge < -0.3 is 10.0 Å². The highest BCUT2D eigenvalue weighted by Gasteiger charge is 2.24. The molecule has 1 saturated heterocycles. The van der Waals surface area contributed by atoms with Crippen molar-refractivity contribution >= 4 is 5.91 Å². The third kappa shape index (κ3) is 4.25. The molecule has 1 atom stereocenters. The van der Waals surface area contributed by atoms with E-state index in [2.05, 4.69) is 4.90 Å². The smallest absolute Gasteiger partial charge is 0.253 e. The maximum Gasteiger partial charge on any atom is 0.253 e. The Balaban J connectivity index is 1.76. The van der Waals surface area contributed by atoms with Crippen LogP contribution in [0.3, 0.4) is 0 Å². The quantitative estimate of drug-likeness (QED) is 0.869. The molecule has 0 spiro atoms. The molecule has 116 valence electrons. The molecule has 1 N–H and O–H groups in total. The fourth-order valence-corrected chi connectivity index (χ4v) is 2.53. The molecule has 0 aromatic heterocycles. The van der Waals surface area contributed by atoms with Crippen molar-refractivity contribution in [2.24, 2.45) is 0 Å². The van der Waals surface area contributed by atoms with Gasteiger partial charge in [-0.1, -0.05) is 0 Å². The summed E-state index contributed by atoms with van der Waals surface area (Å²) in [5.74, 6) is -0.416. The number of hydrogen-bond acceptors (Lipinski definition) is 3. The van der Waals surface area contributed by atoms with Gasteiger partial charge >= 0.3 is 0 Å². The van der Waals surface area contributed by atoms with Crippen molar-refractivity contribution in [1.29, 1.82) is 0 Å². The number of β-amino-alcohol motifs (C(OH)–C–C–N with tert-alkyl or cyclic N) is 1. The number of halogens is 1. The third-order valence-electron chi connectivity index (χ3n) is 4.11. The van der Waals surface area contributed by atoms with Crippen LogP contribution >= 0.6 is 0 Å². The molecule has 0 aliphatic carbocycles. The van der Waals surface area contributed by atoms with E-state index in [0.717, 1.165) is 32.5 Å². The van der Waals surface area contributed by atoms with Crippen molar-refractivity contribution in [3.05, 3.63) is 35.6 Å². The van der Waals surface area contributed by atoms with E-state index in [1.165, 1.54) is 24.3 Å². The fraction of sp³-hybridized carbons (Fsp3) is 0.562. The molecule has 0 radical (unpaired) electrons. The molecule has 1 aromatic rings. The average Bonchev–Trinajstić information content (AvgIpc) is 2.44. The summed E-state index contributed by atoms with van der Waals surface area (Å²) >= 11 is 0. The van der Waals surface area contributed by atoms with Crippen LogP contribution in [0, 0.1) is 5.82 Å². The van der Waals surface area contributed by atoms with Crippen LogP contribution in [-0.4, -0.2) is 59.6 Å². The van der Waals surface area contributed by atoms with Gasteiger partial charge in [0.2, 0.25) is 0 Å². The van der Waals surface area contributed by atoms with E-state index in [4.69, 9.17) is 0 Å². The van der Waals surface area contributed by atoms with E-state index < -0.39 is 0 Å². The van der Waals surface area contributed by atoms with Crippen LogP contribution in [0.4, 0.5) is 4.39 Å². The van der Waals surface area contributed by atoms with Crippen molar-refractivity contribution in [1.82, 2.24) is 9.80 Å². The largest absolute Gasteiger partial charge is 0.390 e. The second-order valence-electron chi connectivity index (χ2n) is 5.83. The molecule has 0 bridgehead atoms. The molecule has 1 heterocycles. The minimum Gasteiger partial charge on any atom is -0.390 e. The first kappa shape index (κ1) is 15.9. The number of hydrogen-bond donors (Lipinski definition) is 1. The maximum absolute atomic E-state index is 12.9. The normalized spacial score (nSPS) is 17.3. The van der Waals surface area contributed by atoms with Gasteiger partial charge in [0.25, 0.3) is 5.91 Å². The SMILES string of the molecule is C[C@@H](CCCN1CC(O)C1)N(C)C(=O)c1ccc(F)cc1. The second kappa shape index (κ2) is 7.00. The Kier molecular flexibility index (Phi) is 5.31. The summed E-state index contributed by atoms with van der Waals surface area (Å²) in [5.41, 5.74) is 0.511. The molecule has 5 heteroatoms. The minimum atomic E-state index is -0.334. The summed E-state index contributed by atoms with van der Waals surface area (Å²) in [6.45, 7) is 4.50. The third-order valence-corrected chi connectivity index (χ3v) is 4.11. The Labute approximate surface area is 125 Å². The van der Waals surface area contributed by atoms with Crippen LogP contribution in [0.15, 0.2) is 24.3 Å². The Morgan fingerprint density at radius 2 is 2.05 bits per heavy atom.